The summed E-state index contributed by atoms with van der Waals surface area (Å²) in [5.74, 6) is -0.949. The molecule has 0 rings (SSSR count). The Bertz CT molecular complexity index is 1830. The topological polar surface area (TPSA) is 78.9 Å². The summed E-state index contributed by atoms with van der Waals surface area (Å²) in [6.07, 6.45) is 99.7. The third-order valence-electron chi connectivity index (χ3n) is 13.7. The van der Waals surface area contributed by atoms with Crippen LogP contribution < -0.4 is 0 Å². The van der Waals surface area contributed by atoms with E-state index < -0.39 is 6.10 Å². The molecule has 0 saturated carbocycles. The van der Waals surface area contributed by atoms with E-state index in [9.17, 15) is 14.4 Å². The van der Waals surface area contributed by atoms with E-state index in [-0.39, 0.29) is 31.1 Å². The van der Waals surface area contributed by atoms with Crippen molar-refractivity contribution in [2.24, 2.45) is 0 Å². The molecule has 1 atom stereocenters. The molecule has 6 heteroatoms. The lowest BCUT2D eigenvalue weighted by Gasteiger charge is -2.18. The van der Waals surface area contributed by atoms with Crippen molar-refractivity contribution in [2.45, 2.75) is 290 Å². The molecule has 0 radical (unpaired) electrons. The summed E-state index contributed by atoms with van der Waals surface area (Å²) < 4.78 is 16.9. The highest BCUT2D eigenvalue weighted by molar-refractivity contribution is 5.71. The van der Waals surface area contributed by atoms with Crippen LogP contribution in [0, 0.1) is 0 Å². The van der Waals surface area contributed by atoms with E-state index in [1.165, 1.54) is 70.6 Å². The molecule has 0 bridgehead atoms. The zero-order valence-corrected chi connectivity index (χ0v) is 52.9. The quantitative estimate of drug-likeness (QED) is 0.0261. The average molecular weight is 1130 g/mol. The summed E-state index contributed by atoms with van der Waals surface area (Å²) in [6.45, 7) is 6.44. The molecule has 0 aliphatic rings. The molecule has 0 N–H and O–H groups in total. The van der Waals surface area contributed by atoms with Gasteiger partial charge in [-0.25, -0.2) is 0 Å². The van der Waals surface area contributed by atoms with Gasteiger partial charge in [0.1, 0.15) is 13.2 Å². The molecule has 0 spiro atoms. The number of allylic oxidation sites excluding steroid dienone is 26. The molecular weight excluding hydrogens is 1010 g/mol. The Kier molecular flexibility index (Phi) is 64.4. The second-order valence-electron chi connectivity index (χ2n) is 21.6. The van der Waals surface area contributed by atoms with Gasteiger partial charge in [0, 0.05) is 19.3 Å². The Morgan fingerprint density at radius 1 is 0.256 bits per heavy atom. The van der Waals surface area contributed by atoms with Crippen molar-refractivity contribution >= 4 is 17.9 Å². The van der Waals surface area contributed by atoms with Gasteiger partial charge < -0.3 is 14.2 Å². The van der Waals surface area contributed by atoms with E-state index in [2.05, 4.69) is 179 Å². The number of unbranched alkanes of at least 4 members (excludes halogenated alkanes) is 22. The average Bonchev–Trinajstić information content (AvgIpc) is 3.48. The number of esters is 3. The fourth-order valence-electron chi connectivity index (χ4n) is 8.72. The minimum absolute atomic E-state index is 0.101. The molecule has 0 aliphatic heterocycles. The van der Waals surface area contributed by atoms with E-state index in [1.807, 2.05) is 0 Å². The minimum atomic E-state index is -0.806. The van der Waals surface area contributed by atoms with Gasteiger partial charge in [-0.2, -0.15) is 0 Å². The van der Waals surface area contributed by atoms with E-state index >= 15 is 0 Å². The van der Waals surface area contributed by atoms with Gasteiger partial charge in [0.25, 0.3) is 0 Å². The van der Waals surface area contributed by atoms with Crippen molar-refractivity contribution in [3.8, 4) is 0 Å². The van der Waals surface area contributed by atoms with Gasteiger partial charge in [0.15, 0.2) is 6.10 Å². The van der Waals surface area contributed by atoms with Gasteiger partial charge in [-0.05, 0) is 148 Å². The van der Waals surface area contributed by atoms with Crippen LogP contribution in [0.25, 0.3) is 0 Å². The molecule has 0 amide bonds. The molecule has 0 heterocycles. The highest BCUT2D eigenvalue weighted by Gasteiger charge is 2.19. The van der Waals surface area contributed by atoms with Crippen molar-refractivity contribution in [3.05, 3.63) is 158 Å². The molecule has 462 valence electrons. The van der Waals surface area contributed by atoms with Gasteiger partial charge in [0.05, 0.1) is 0 Å². The highest BCUT2D eigenvalue weighted by atomic mass is 16.6. The largest absolute Gasteiger partial charge is 0.462 e. The molecule has 0 aliphatic carbocycles. The first-order chi connectivity index (χ1) is 40.5. The van der Waals surface area contributed by atoms with Crippen LogP contribution in [0.3, 0.4) is 0 Å². The Labute approximate surface area is 505 Å². The summed E-state index contributed by atoms with van der Waals surface area (Å²) in [6, 6.07) is 0. The minimum Gasteiger partial charge on any atom is -0.462 e. The van der Waals surface area contributed by atoms with Crippen LogP contribution in [0.15, 0.2) is 158 Å². The predicted octanol–water partition coefficient (Wildman–Crippen LogP) is 23.3. The summed E-state index contributed by atoms with van der Waals surface area (Å²) in [5.41, 5.74) is 0. The fraction of sp³-hybridized carbons (Fsp3) is 0.618. The van der Waals surface area contributed by atoms with Crippen LogP contribution in [0.4, 0.5) is 0 Å². The second-order valence-corrected chi connectivity index (χ2v) is 21.6. The highest BCUT2D eigenvalue weighted by Crippen LogP contribution is 2.14. The summed E-state index contributed by atoms with van der Waals surface area (Å²) >= 11 is 0. The summed E-state index contributed by atoms with van der Waals surface area (Å²) in [7, 11) is 0. The van der Waals surface area contributed by atoms with Gasteiger partial charge in [-0.3, -0.25) is 14.4 Å². The van der Waals surface area contributed by atoms with Crippen LogP contribution in [0.2, 0.25) is 0 Å². The van der Waals surface area contributed by atoms with Crippen molar-refractivity contribution in [1.82, 2.24) is 0 Å². The molecule has 0 aromatic heterocycles. The van der Waals surface area contributed by atoms with Gasteiger partial charge >= 0.3 is 17.9 Å². The summed E-state index contributed by atoms with van der Waals surface area (Å²) in [5, 5.41) is 0. The molecule has 0 aromatic rings. The Hall–Kier alpha value is -4.97. The van der Waals surface area contributed by atoms with Gasteiger partial charge in [-0.1, -0.05) is 275 Å². The number of carbonyl (C=O) groups excluding carboxylic acids is 3. The van der Waals surface area contributed by atoms with Crippen molar-refractivity contribution < 1.29 is 28.6 Å². The lowest BCUT2D eigenvalue weighted by molar-refractivity contribution is -0.167. The smallest absolute Gasteiger partial charge is 0.306 e. The van der Waals surface area contributed by atoms with Crippen molar-refractivity contribution in [3.63, 3.8) is 0 Å². The lowest BCUT2D eigenvalue weighted by atomic mass is 10.1. The molecular formula is C76H122O6. The lowest BCUT2D eigenvalue weighted by Crippen LogP contribution is -2.30. The molecule has 1 unspecified atom stereocenters. The number of rotatable bonds is 59. The van der Waals surface area contributed by atoms with Gasteiger partial charge in [-0.15, -0.1) is 0 Å². The fourth-order valence-corrected chi connectivity index (χ4v) is 8.72. The Balaban J connectivity index is 4.35. The van der Waals surface area contributed by atoms with E-state index in [0.717, 1.165) is 173 Å². The predicted molar refractivity (Wildman–Crippen MR) is 357 cm³/mol. The second kappa shape index (κ2) is 68.5. The van der Waals surface area contributed by atoms with E-state index in [4.69, 9.17) is 14.2 Å². The molecule has 82 heavy (non-hydrogen) atoms. The zero-order chi connectivity index (χ0) is 59.2. The van der Waals surface area contributed by atoms with Crippen molar-refractivity contribution in [2.75, 3.05) is 13.2 Å². The third kappa shape index (κ3) is 65.8. The van der Waals surface area contributed by atoms with Crippen LogP contribution >= 0.6 is 0 Å². The Morgan fingerprint density at radius 3 is 0.793 bits per heavy atom. The SMILES string of the molecule is CC/C=C\C/C=C\C/C=C\C/C=C\C/C=C\C/C=C\C/C=C\C/C=C\C/C=C\C/C=C\CCCCCCC(=O)OCC(COC(=O)CCCCCCC/C=C\C/C=C\CCCC)OC(=O)CCCCCCC/C=C\CCCCCCCC. The first kappa shape index (κ1) is 77.0. The standard InChI is InChI=1S/C76H122O6/c1-4-7-10-13-16-19-22-25-28-29-30-31-32-33-34-35-36-37-38-39-40-41-42-43-44-45-46-47-49-51-54-57-60-63-66-69-75(78)81-72-73(71-80-74(77)68-65-62-59-56-53-50-27-24-21-18-15-12-9-6-3)82-76(79)70-67-64-61-58-55-52-48-26-23-20-17-14-11-8-5-2/h7,10,15-16,18-19,24-28,30-31,33-34,36-37,39-40,42-43,45-46,48-49,51,73H,4-6,8-9,11-14,17,20-23,29,32,35,38,41,44,47,50,52-72H2,1-3H3/b10-7-,18-15-,19-16-,27-24-,28-25-,31-30-,34-33-,37-36-,40-39-,43-42-,46-45-,48-26-,51-49-. The van der Waals surface area contributed by atoms with Crippen LogP contribution in [0.1, 0.15) is 284 Å². The van der Waals surface area contributed by atoms with Gasteiger partial charge in [0.2, 0.25) is 0 Å². The summed E-state index contributed by atoms with van der Waals surface area (Å²) in [4.78, 5) is 38.3. The molecule has 0 fully saturated rings. The first-order valence-corrected chi connectivity index (χ1v) is 33.5. The maximum atomic E-state index is 12.9. The van der Waals surface area contributed by atoms with Crippen LogP contribution in [0.5, 0.6) is 0 Å². The van der Waals surface area contributed by atoms with E-state index in [0.29, 0.717) is 19.3 Å². The van der Waals surface area contributed by atoms with E-state index in [1.54, 1.807) is 0 Å². The Morgan fingerprint density at radius 2 is 0.488 bits per heavy atom. The number of carbonyl (C=O) groups is 3. The monoisotopic (exact) mass is 1130 g/mol. The maximum Gasteiger partial charge on any atom is 0.306 e. The molecule has 0 saturated heterocycles. The van der Waals surface area contributed by atoms with Crippen LogP contribution in [-0.2, 0) is 28.6 Å². The molecule has 0 aromatic carbocycles. The normalized spacial score (nSPS) is 13.2. The van der Waals surface area contributed by atoms with Crippen molar-refractivity contribution in [1.29, 1.82) is 0 Å². The number of ether oxygens (including phenoxy) is 3. The molecule has 6 nitrogen and oxygen atoms in total. The maximum absolute atomic E-state index is 12.9. The first-order valence-electron chi connectivity index (χ1n) is 33.5. The zero-order valence-electron chi connectivity index (χ0n) is 52.9. The number of hydrogen-bond acceptors (Lipinski definition) is 6. The van der Waals surface area contributed by atoms with Crippen LogP contribution in [-0.4, -0.2) is 37.2 Å². The third-order valence-corrected chi connectivity index (χ3v) is 13.7. The number of hydrogen-bond donors (Lipinski definition) is 0.